The van der Waals surface area contributed by atoms with E-state index in [0.29, 0.717) is 11.0 Å². The van der Waals surface area contributed by atoms with Gasteiger partial charge in [-0.05, 0) is 62.2 Å². The van der Waals surface area contributed by atoms with Gasteiger partial charge in [0.15, 0.2) is 0 Å². The second-order valence-electron chi connectivity index (χ2n) is 11.2. The lowest BCUT2D eigenvalue weighted by Gasteiger charge is -2.31. The average Bonchev–Trinajstić information content (AvgIpc) is 3.65. The Balaban J connectivity index is 1.40. The number of alkyl halides is 3. The number of hydrogen-bond acceptors (Lipinski definition) is 7. The second kappa shape index (κ2) is 10.2. The first kappa shape index (κ1) is 29.4. The predicted molar refractivity (Wildman–Crippen MR) is 149 cm³/mol. The highest BCUT2D eigenvalue weighted by Crippen LogP contribution is 2.48. The number of primary amides is 1. The number of nitrogens with zero attached hydrogens (tertiary/aromatic N) is 2. The molecule has 14 heteroatoms. The number of fused-ring (bicyclic) bond motifs is 2. The van der Waals surface area contributed by atoms with Crippen molar-refractivity contribution in [2.45, 2.75) is 42.9 Å². The van der Waals surface area contributed by atoms with Crippen molar-refractivity contribution in [3.63, 3.8) is 0 Å². The normalized spacial score (nSPS) is 19.2. The number of aliphatic hydroxyl groups is 1. The minimum absolute atomic E-state index is 0.0271. The van der Waals surface area contributed by atoms with Gasteiger partial charge in [-0.25, -0.2) is 14.4 Å². The fourth-order valence-electron chi connectivity index (χ4n) is 5.19. The summed E-state index contributed by atoms with van der Waals surface area (Å²) in [5, 5.41) is 13.4. The van der Waals surface area contributed by atoms with E-state index < -0.39 is 47.1 Å². The van der Waals surface area contributed by atoms with Crippen LogP contribution in [0.2, 0.25) is 0 Å². The maximum Gasteiger partial charge on any atom is 0.424 e. The molecular formula is C30H27F4N5O5. The van der Waals surface area contributed by atoms with E-state index in [9.17, 15) is 32.3 Å². The highest BCUT2D eigenvalue weighted by molar-refractivity contribution is 5.99. The Bertz CT molecular complexity index is 1800. The molecule has 0 spiro atoms. The molecule has 2 aromatic carbocycles. The SMILES string of the molecule is COc1cc(C(=O)NCC(O)(c2cc3c(c(-c4ccc(F)cc4)n2)OC[C@]3(C)C(N)=O)C(F)(F)F)cc2[nH]c(C3CC3)nc12. The third-order valence-corrected chi connectivity index (χ3v) is 8.15. The molecule has 4 aromatic rings. The van der Waals surface area contributed by atoms with Crippen molar-refractivity contribution in [3.05, 3.63) is 70.9 Å². The maximum atomic E-state index is 14.7. The Labute approximate surface area is 247 Å². The number of methoxy groups -OCH3 is 1. The average molecular weight is 614 g/mol. The number of ether oxygens (including phenoxy) is 2. The molecule has 5 N–H and O–H groups in total. The highest BCUT2D eigenvalue weighted by atomic mass is 19.4. The largest absolute Gasteiger partial charge is 0.494 e. The van der Waals surface area contributed by atoms with Crippen LogP contribution in [0.5, 0.6) is 11.5 Å². The van der Waals surface area contributed by atoms with E-state index in [4.69, 9.17) is 15.2 Å². The number of aromatic nitrogens is 3. The van der Waals surface area contributed by atoms with Crippen molar-refractivity contribution in [1.29, 1.82) is 0 Å². The van der Waals surface area contributed by atoms with Crippen LogP contribution in [0.3, 0.4) is 0 Å². The molecule has 230 valence electrons. The summed E-state index contributed by atoms with van der Waals surface area (Å²) < 4.78 is 68.8. The molecule has 2 amide bonds. The molecule has 0 saturated heterocycles. The molecule has 1 unspecified atom stereocenters. The van der Waals surface area contributed by atoms with Crippen LogP contribution >= 0.6 is 0 Å². The minimum atomic E-state index is -5.35. The zero-order valence-corrected chi connectivity index (χ0v) is 23.5. The number of amides is 2. The first-order valence-corrected chi connectivity index (χ1v) is 13.6. The number of nitrogens with one attached hydrogen (secondary N) is 2. The van der Waals surface area contributed by atoms with E-state index in [1.165, 1.54) is 38.3 Å². The van der Waals surface area contributed by atoms with Gasteiger partial charge in [-0.3, -0.25) is 9.59 Å². The van der Waals surface area contributed by atoms with Gasteiger partial charge < -0.3 is 30.6 Å². The number of hydrogen-bond donors (Lipinski definition) is 4. The van der Waals surface area contributed by atoms with Crippen LogP contribution in [0.4, 0.5) is 17.6 Å². The number of nitrogens with two attached hydrogens (primary N) is 1. The molecule has 44 heavy (non-hydrogen) atoms. The molecule has 10 nitrogen and oxygen atoms in total. The number of benzene rings is 2. The van der Waals surface area contributed by atoms with Crippen LogP contribution in [-0.4, -0.2) is 58.3 Å². The number of aromatic amines is 1. The smallest absolute Gasteiger partial charge is 0.424 e. The van der Waals surface area contributed by atoms with Crippen molar-refractivity contribution in [2.24, 2.45) is 5.73 Å². The summed E-state index contributed by atoms with van der Waals surface area (Å²) in [5.41, 5.74) is 0.264. The van der Waals surface area contributed by atoms with Gasteiger partial charge in [0.1, 0.15) is 46.4 Å². The molecule has 2 aliphatic rings. The summed E-state index contributed by atoms with van der Waals surface area (Å²) in [6.07, 6.45) is -3.42. The number of carbonyl (C=O) groups excluding carboxylic acids is 2. The minimum Gasteiger partial charge on any atom is -0.494 e. The van der Waals surface area contributed by atoms with Gasteiger partial charge in [0.25, 0.3) is 5.91 Å². The molecule has 1 saturated carbocycles. The van der Waals surface area contributed by atoms with Crippen molar-refractivity contribution in [3.8, 4) is 22.8 Å². The van der Waals surface area contributed by atoms with Gasteiger partial charge in [-0.15, -0.1) is 0 Å². The summed E-state index contributed by atoms with van der Waals surface area (Å²) in [6, 6.07) is 8.38. The zero-order chi connectivity index (χ0) is 31.6. The lowest BCUT2D eigenvalue weighted by molar-refractivity contribution is -0.265. The fourth-order valence-corrected chi connectivity index (χ4v) is 5.19. The van der Waals surface area contributed by atoms with Gasteiger partial charge in [-0.1, -0.05) is 0 Å². The third-order valence-electron chi connectivity index (χ3n) is 8.15. The molecule has 0 bridgehead atoms. The third kappa shape index (κ3) is 4.78. The number of imidazole rings is 1. The summed E-state index contributed by atoms with van der Waals surface area (Å²) in [4.78, 5) is 37.4. The fraction of sp³-hybridized carbons (Fsp3) is 0.333. The summed E-state index contributed by atoms with van der Waals surface area (Å²) in [7, 11) is 1.38. The molecule has 2 atom stereocenters. The Hall–Kier alpha value is -4.72. The molecule has 3 heterocycles. The van der Waals surface area contributed by atoms with Crippen LogP contribution in [-0.2, 0) is 15.8 Å². The molecule has 1 aliphatic carbocycles. The van der Waals surface area contributed by atoms with Gasteiger partial charge in [0, 0.05) is 22.6 Å². The van der Waals surface area contributed by atoms with E-state index in [1.807, 2.05) is 0 Å². The van der Waals surface area contributed by atoms with Crippen LogP contribution in [0.25, 0.3) is 22.3 Å². The lowest BCUT2D eigenvalue weighted by Crippen LogP contribution is -2.51. The standard InChI is InChI=1S/C30H27F4N5O5/c1-28(27(35)41)13-44-24-18(28)11-21(38-22(24)14-5-7-17(31)8-6-14)29(42,30(32,33)34)12-36-26(40)16-9-19-23(20(10-16)43-2)39-25(37-19)15-3-4-15/h5-11,15,42H,3-4,12-13H2,1-2H3,(H2,35,41)(H,36,40)(H,37,39)/t28-,29?/m0/s1. The van der Waals surface area contributed by atoms with Gasteiger partial charge in [-0.2, -0.15) is 13.2 Å². The van der Waals surface area contributed by atoms with Gasteiger partial charge >= 0.3 is 6.18 Å². The van der Waals surface area contributed by atoms with E-state index in [-0.39, 0.29) is 46.4 Å². The van der Waals surface area contributed by atoms with Crippen molar-refractivity contribution in [1.82, 2.24) is 20.3 Å². The van der Waals surface area contributed by atoms with E-state index in [1.54, 1.807) is 0 Å². The van der Waals surface area contributed by atoms with Crippen LogP contribution in [0.15, 0.2) is 42.5 Å². The Morgan fingerprint density at radius 1 is 1.18 bits per heavy atom. The topological polar surface area (TPSA) is 152 Å². The Morgan fingerprint density at radius 3 is 2.50 bits per heavy atom. The van der Waals surface area contributed by atoms with Gasteiger partial charge in [0.2, 0.25) is 11.5 Å². The van der Waals surface area contributed by atoms with Crippen molar-refractivity contribution < 1.29 is 41.7 Å². The molecule has 6 rings (SSSR count). The monoisotopic (exact) mass is 613 g/mol. The molecular weight excluding hydrogens is 586 g/mol. The van der Waals surface area contributed by atoms with Crippen molar-refractivity contribution in [2.75, 3.05) is 20.3 Å². The van der Waals surface area contributed by atoms with E-state index in [0.717, 1.165) is 36.9 Å². The van der Waals surface area contributed by atoms with Crippen LogP contribution < -0.4 is 20.5 Å². The first-order chi connectivity index (χ1) is 20.7. The molecule has 0 radical (unpaired) electrons. The number of pyridine rings is 1. The molecule has 2 aromatic heterocycles. The number of carbonyl (C=O) groups is 2. The number of rotatable bonds is 8. The van der Waals surface area contributed by atoms with Crippen LogP contribution in [0.1, 0.15) is 53.1 Å². The van der Waals surface area contributed by atoms with Gasteiger partial charge in [0.05, 0.1) is 24.9 Å². The summed E-state index contributed by atoms with van der Waals surface area (Å²) in [6.45, 7) is -0.241. The highest BCUT2D eigenvalue weighted by Gasteiger charge is 2.57. The zero-order valence-electron chi connectivity index (χ0n) is 23.5. The number of halogens is 4. The maximum absolute atomic E-state index is 14.7. The Kier molecular flexibility index (Phi) is 6.79. The quantitative estimate of drug-likeness (QED) is 0.220. The summed E-state index contributed by atoms with van der Waals surface area (Å²) in [5.74, 6) is -1.19. The van der Waals surface area contributed by atoms with E-state index in [2.05, 4.69) is 20.3 Å². The molecule has 1 fully saturated rings. The predicted octanol–water partition coefficient (Wildman–Crippen LogP) is 3.97. The second-order valence-corrected chi connectivity index (χ2v) is 11.2. The Morgan fingerprint density at radius 2 is 1.89 bits per heavy atom. The van der Waals surface area contributed by atoms with Crippen LogP contribution in [0, 0.1) is 5.82 Å². The first-order valence-electron chi connectivity index (χ1n) is 13.6. The van der Waals surface area contributed by atoms with Crippen molar-refractivity contribution >= 4 is 22.8 Å². The lowest BCUT2D eigenvalue weighted by atomic mass is 9.81. The summed E-state index contributed by atoms with van der Waals surface area (Å²) >= 11 is 0. The number of H-pyrrole nitrogens is 1. The van der Waals surface area contributed by atoms with E-state index >= 15 is 0 Å². The molecule has 1 aliphatic heterocycles.